The Morgan fingerprint density at radius 2 is 1.00 bits per heavy atom. The largest absolute Gasteiger partial charge is 0.472 e. The third-order valence-corrected chi connectivity index (χ3v) is 12.2. The number of aliphatic hydroxyl groups excluding tert-OH is 4. The summed E-state index contributed by atoms with van der Waals surface area (Å²) in [4.78, 5) is 66.3. The Kier molecular flexibility index (Phi) is 33.7. The first kappa shape index (κ1) is 59.9. The zero-order chi connectivity index (χ0) is 47.6. The normalized spacial score (nSPS) is 22.0. The molecule has 0 aromatic rings. The molecule has 1 rings (SSSR count). The molecule has 0 bridgehead atoms. The summed E-state index contributed by atoms with van der Waals surface area (Å²) in [7, 11) is -10.7. The van der Waals surface area contributed by atoms with Gasteiger partial charge >= 0.3 is 27.6 Å². The van der Waals surface area contributed by atoms with Gasteiger partial charge in [0.25, 0.3) is 0 Å². The van der Waals surface area contributed by atoms with Gasteiger partial charge in [-0.15, -0.1) is 0 Å². The molecule has 0 aliphatic heterocycles. The number of esters is 2. The molecule has 64 heavy (non-hydrogen) atoms. The van der Waals surface area contributed by atoms with Crippen LogP contribution < -0.4 is 0 Å². The minimum absolute atomic E-state index is 0.0411. The molecule has 17 nitrogen and oxygen atoms in total. The predicted octanol–water partition coefficient (Wildman–Crippen LogP) is 7.91. The summed E-state index contributed by atoms with van der Waals surface area (Å²) in [5, 5.41) is 41.2. The molecule has 7 N–H and O–H groups in total. The van der Waals surface area contributed by atoms with Gasteiger partial charge < -0.3 is 44.6 Å². The van der Waals surface area contributed by atoms with Crippen molar-refractivity contribution in [3.63, 3.8) is 0 Å². The lowest BCUT2D eigenvalue weighted by Crippen LogP contribution is -2.64. The number of carbonyl (C=O) groups is 3. The number of aliphatic hydroxyl groups is 4. The van der Waals surface area contributed by atoms with Gasteiger partial charge in [0.05, 0.1) is 6.61 Å². The van der Waals surface area contributed by atoms with Gasteiger partial charge in [0.1, 0.15) is 43.2 Å². The van der Waals surface area contributed by atoms with Crippen LogP contribution in [-0.4, -0.2) is 109 Å². The van der Waals surface area contributed by atoms with E-state index < -0.39 is 83.5 Å². The van der Waals surface area contributed by atoms with Crippen LogP contribution in [0.25, 0.3) is 0 Å². The second kappa shape index (κ2) is 36.0. The molecule has 1 saturated carbocycles. The minimum atomic E-state index is -5.38. The molecule has 19 heteroatoms. The van der Waals surface area contributed by atoms with Gasteiger partial charge in [0.15, 0.2) is 11.9 Å². The second-order valence-corrected chi connectivity index (χ2v) is 19.1. The van der Waals surface area contributed by atoms with E-state index in [-0.39, 0.29) is 18.6 Å². The van der Waals surface area contributed by atoms with Gasteiger partial charge in [-0.2, -0.15) is 0 Å². The van der Waals surface area contributed by atoms with Crippen molar-refractivity contribution < 1.29 is 81.7 Å². The molecule has 0 aromatic heterocycles. The number of ether oxygens (including phenoxy) is 2. The van der Waals surface area contributed by atoms with Crippen LogP contribution >= 0.6 is 15.6 Å². The van der Waals surface area contributed by atoms with Crippen LogP contribution in [0.5, 0.6) is 0 Å². The Balaban J connectivity index is 2.64. The number of carbonyl (C=O) groups excluding carboxylic acids is 3. The van der Waals surface area contributed by atoms with Crippen molar-refractivity contribution in [2.75, 3.05) is 13.2 Å². The monoisotopic (exact) mass is 954 g/mol. The molecule has 0 aromatic carbocycles. The number of unbranched alkanes of at least 4 members (excludes halogenated alkanes) is 18. The molecular formula is C45H80O17P2. The molecule has 372 valence electrons. The average molecular weight is 955 g/mol. The Morgan fingerprint density at radius 1 is 0.531 bits per heavy atom. The Morgan fingerprint density at radius 3 is 1.58 bits per heavy atom. The number of hydrogen-bond acceptors (Lipinski definition) is 14. The minimum Gasteiger partial charge on any atom is -0.462 e. The molecule has 1 aliphatic rings. The summed E-state index contributed by atoms with van der Waals surface area (Å²) in [5.41, 5.74) is 0. The zero-order valence-corrected chi connectivity index (χ0v) is 40.0. The Hall–Kier alpha value is -2.11. The number of allylic oxidation sites excluding steroid dienone is 6. The highest BCUT2D eigenvalue weighted by atomic mass is 31.2. The maximum absolute atomic E-state index is 13.0. The quantitative estimate of drug-likeness (QED) is 0.00770. The maximum Gasteiger partial charge on any atom is 0.472 e. The third-order valence-electron chi connectivity index (χ3n) is 10.7. The van der Waals surface area contributed by atoms with E-state index in [1.54, 1.807) is 12.2 Å². The SMILES string of the molecule is CCCCC/C=C\C=C\C(=O)CCCCCCCC(=O)O[C@H](COC(=O)CCCCCCC/C=C\CCCCCCCC)COP(=O)(O)O[C@H]1C(O)C(O)C(O)[C@@H](OP(=O)(O)O)C1O. The summed E-state index contributed by atoms with van der Waals surface area (Å²) >= 11 is 0. The lowest BCUT2D eigenvalue weighted by Gasteiger charge is -2.43. The van der Waals surface area contributed by atoms with Gasteiger partial charge in [-0.3, -0.25) is 28.0 Å². The summed E-state index contributed by atoms with van der Waals surface area (Å²) in [6.07, 6.45) is 19.2. The first-order valence-corrected chi connectivity index (χ1v) is 26.5. The highest BCUT2D eigenvalue weighted by Crippen LogP contribution is 2.49. The number of phosphoric ester groups is 2. The number of ketones is 1. The van der Waals surface area contributed by atoms with E-state index in [0.717, 1.165) is 70.6 Å². The standard InChI is InChI=1S/C45H80O17P2/c1-3-5-7-9-11-12-13-14-15-16-17-18-20-24-28-32-38(47)58-34-37(60-39(48)33-29-25-21-23-27-31-36(46)30-26-22-19-10-8-6-4-2)35-59-64(56,57)62-45-42(51)40(49)41(50)44(43(45)52)61-63(53,54)55/h14-15,19,22,26,30,37,40-45,49-52H,3-13,16-18,20-21,23-25,27-29,31-35H2,1-2H3,(H,56,57)(H2,53,54,55)/b15-14-,22-19-,30-26+/t37-,40?,41?,42?,43?,44-,45+/m1/s1. The lowest BCUT2D eigenvalue weighted by atomic mass is 9.85. The molecular weight excluding hydrogens is 874 g/mol. The van der Waals surface area contributed by atoms with Crippen LogP contribution in [0.3, 0.4) is 0 Å². The van der Waals surface area contributed by atoms with Crippen LogP contribution in [0, 0.1) is 0 Å². The molecule has 5 unspecified atom stereocenters. The summed E-state index contributed by atoms with van der Waals surface area (Å²) in [6.45, 7) is 2.94. The molecule has 0 saturated heterocycles. The highest BCUT2D eigenvalue weighted by molar-refractivity contribution is 7.47. The van der Waals surface area contributed by atoms with Crippen molar-refractivity contribution in [3.8, 4) is 0 Å². The molecule has 1 fully saturated rings. The first-order valence-electron chi connectivity index (χ1n) is 23.5. The summed E-state index contributed by atoms with van der Waals surface area (Å²) in [5.74, 6) is -1.26. The number of rotatable bonds is 39. The Labute approximate surface area is 380 Å². The fraction of sp³-hybridized carbons (Fsp3) is 0.800. The average Bonchev–Trinajstić information content (AvgIpc) is 3.24. The van der Waals surface area contributed by atoms with E-state index in [0.29, 0.717) is 32.1 Å². The van der Waals surface area contributed by atoms with Crippen LogP contribution in [0.15, 0.2) is 36.5 Å². The van der Waals surface area contributed by atoms with Crippen molar-refractivity contribution in [2.24, 2.45) is 0 Å². The molecule has 8 atom stereocenters. The number of hydrogen-bond donors (Lipinski definition) is 7. The molecule has 0 amide bonds. The van der Waals surface area contributed by atoms with Gasteiger partial charge in [-0.1, -0.05) is 128 Å². The first-order chi connectivity index (χ1) is 30.5. The van der Waals surface area contributed by atoms with E-state index in [2.05, 4.69) is 36.6 Å². The topological polar surface area (TPSA) is 273 Å². The lowest BCUT2D eigenvalue weighted by molar-refractivity contribution is -0.216. The van der Waals surface area contributed by atoms with Gasteiger partial charge in [-0.25, -0.2) is 9.13 Å². The summed E-state index contributed by atoms with van der Waals surface area (Å²) < 4.78 is 49.2. The van der Waals surface area contributed by atoms with Crippen molar-refractivity contribution in [1.29, 1.82) is 0 Å². The van der Waals surface area contributed by atoms with E-state index in [9.17, 15) is 48.8 Å². The Bertz CT molecular complexity index is 1450. The predicted molar refractivity (Wildman–Crippen MR) is 242 cm³/mol. The van der Waals surface area contributed by atoms with E-state index in [1.165, 1.54) is 44.9 Å². The van der Waals surface area contributed by atoms with Crippen LogP contribution in [0.2, 0.25) is 0 Å². The van der Waals surface area contributed by atoms with E-state index >= 15 is 0 Å². The van der Waals surface area contributed by atoms with Crippen LogP contribution in [0.4, 0.5) is 0 Å². The second-order valence-electron chi connectivity index (χ2n) is 16.5. The zero-order valence-electron chi connectivity index (χ0n) is 38.2. The maximum atomic E-state index is 13.0. The highest BCUT2D eigenvalue weighted by Gasteiger charge is 2.54. The van der Waals surface area contributed by atoms with E-state index in [4.69, 9.17) is 28.3 Å². The fourth-order valence-electron chi connectivity index (χ4n) is 6.94. The van der Waals surface area contributed by atoms with Crippen LogP contribution in [-0.2, 0) is 46.6 Å². The van der Waals surface area contributed by atoms with Crippen LogP contribution in [0.1, 0.15) is 174 Å². The van der Waals surface area contributed by atoms with Gasteiger partial charge in [0.2, 0.25) is 0 Å². The van der Waals surface area contributed by atoms with Gasteiger partial charge in [0, 0.05) is 19.3 Å². The van der Waals surface area contributed by atoms with E-state index in [1.807, 2.05) is 6.08 Å². The molecule has 0 spiro atoms. The molecule has 1 aliphatic carbocycles. The third kappa shape index (κ3) is 30.2. The van der Waals surface area contributed by atoms with Crippen molar-refractivity contribution in [1.82, 2.24) is 0 Å². The summed E-state index contributed by atoms with van der Waals surface area (Å²) in [6, 6.07) is 0. The van der Waals surface area contributed by atoms with Crippen molar-refractivity contribution >= 4 is 33.4 Å². The van der Waals surface area contributed by atoms with Crippen molar-refractivity contribution in [3.05, 3.63) is 36.5 Å². The van der Waals surface area contributed by atoms with Gasteiger partial charge in [-0.05, 0) is 63.9 Å². The molecule has 0 heterocycles. The van der Waals surface area contributed by atoms with Crippen molar-refractivity contribution in [2.45, 2.75) is 217 Å². The smallest absolute Gasteiger partial charge is 0.462 e. The fourth-order valence-corrected chi connectivity index (χ4v) is 8.48. The molecule has 0 radical (unpaired) electrons. The number of phosphoric acid groups is 2.